The molecule has 36 heavy (non-hydrogen) atoms. The Morgan fingerprint density at radius 1 is 1.17 bits per heavy atom. The Kier molecular flexibility index (Phi) is 7.06. The third-order valence-corrected chi connectivity index (χ3v) is 8.44. The van der Waals surface area contributed by atoms with Gasteiger partial charge in [0.15, 0.2) is 0 Å². The molecule has 0 fully saturated rings. The van der Waals surface area contributed by atoms with Crippen LogP contribution in [0, 0.1) is 6.92 Å². The number of carbonyl (C=O) groups excluding carboxylic acids is 1. The normalized spacial score (nSPS) is 15.7. The number of aromatic nitrogens is 1. The first-order valence-corrected chi connectivity index (χ1v) is 13.4. The average molecular weight is 510 g/mol. The smallest absolute Gasteiger partial charge is 0.262 e. The molecule has 190 valence electrons. The van der Waals surface area contributed by atoms with Gasteiger partial charge in [-0.05, 0) is 74.6 Å². The number of rotatable bonds is 6. The topological polar surface area (TPSA) is 111 Å². The molecule has 2 heterocycles. The Balaban J connectivity index is 1.68. The first-order valence-electron chi connectivity index (χ1n) is 12.0. The van der Waals surface area contributed by atoms with Crippen LogP contribution in [0.1, 0.15) is 48.2 Å². The van der Waals surface area contributed by atoms with Gasteiger partial charge in [0.05, 0.1) is 11.3 Å². The van der Waals surface area contributed by atoms with E-state index in [0.717, 1.165) is 47.7 Å². The Morgan fingerprint density at radius 2 is 1.92 bits per heavy atom. The highest BCUT2D eigenvalue weighted by Crippen LogP contribution is 2.37. The average Bonchev–Trinajstić information content (AvgIpc) is 2.83. The number of phenols is 2. The number of carbonyl (C=O) groups is 1. The summed E-state index contributed by atoms with van der Waals surface area (Å²) >= 11 is 0. The minimum Gasteiger partial charge on any atom is -0.508 e. The van der Waals surface area contributed by atoms with Crippen molar-refractivity contribution >= 4 is 21.6 Å². The molecule has 0 radical (unpaired) electrons. The van der Waals surface area contributed by atoms with Crippen LogP contribution in [0.5, 0.6) is 11.5 Å². The molecule has 1 atom stereocenters. The van der Waals surface area contributed by atoms with Crippen molar-refractivity contribution in [3.8, 4) is 22.8 Å². The van der Waals surface area contributed by atoms with Gasteiger partial charge in [-0.3, -0.25) is 9.78 Å². The molecule has 2 N–H and O–H groups in total. The maximum Gasteiger partial charge on any atom is 0.262 e. The molecule has 0 unspecified atom stereocenters. The molecule has 4 rings (SSSR count). The minimum absolute atomic E-state index is 0.0754. The van der Waals surface area contributed by atoms with E-state index in [9.17, 15) is 23.4 Å². The van der Waals surface area contributed by atoms with Crippen molar-refractivity contribution in [2.75, 3.05) is 18.5 Å². The van der Waals surface area contributed by atoms with Crippen molar-refractivity contribution in [1.29, 1.82) is 0 Å². The van der Waals surface area contributed by atoms with E-state index in [1.54, 1.807) is 18.0 Å². The van der Waals surface area contributed by atoms with Crippen molar-refractivity contribution in [1.82, 2.24) is 9.29 Å². The molecule has 0 saturated heterocycles. The van der Waals surface area contributed by atoms with Crippen LogP contribution < -0.4 is 4.90 Å². The van der Waals surface area contributed by atoms with E-state index in [1.807, 2.05) is 39.0 Å². The van der Waals surface area contributed by atoms with E-state index >= 15 is 0 Å². The van der Waals surface area contributed by atoms with Crippen LogP contribution in [0.2, 0.25) is 0 Å². The lowest BCUT2D eigenvalue weighted by Gasteiger charge is -2.35. The van der Waals surface area contributed by atoms with Gasteiger partial charge in [0.1, 0.15) is 16.4 Å². The number of aryl methyl sites for hydroxylation is 2. The summed E-state index contributed by atoms with van der Waals surface area (Å²) < 4.78 is 27.0. The summed E-state index contributed by atoms with van der Waals surface area (Å²) in [5.74, 6) is -0.719. The Labute approximate surface area is 211 Å². The highest BCUT2D eigenvalue weighted by atomic mass is 32.2. The van der Waals surface area contributed by atoms with E-state index < -0.39 is 10.0 Å². The highest BCUT2D eigenvalue weighted by molar-refractivity contribution is 7.89. The molecule has 2 aromatic carbocycles. The lowest BCUT2D eigenvalue weighted by atomic mass is 9.92. The van der Waals surface area contributed by atoms with E-state index in [1.165, 1.54) is 22.6 Å². The molecule has 1 aromatic heterocycles. The Hall–Kier alpha value is -3.43. The Morgan fingerprint density at radius 3 is 2.58 bits per heavy atom. The quantitative estimate of drug-likeness (QED) is 0.507. The summed E-state index contributed by atoms with van der Waals surface area (Å²) in [5, 5.41) is 19.8. The monoisotopic (exact) mass is 509 g/mol. The summed E-state index contributed by atoms with van der Waals surface area (Å²) in [7, 11) is -2.03. The van der Waals surface area contributed by atoms with Crippen molar-refractivity contribution in [2.45, 2.75) is 51.0 Å². The molecule has 1 aliphatic rings. The van der Waals surface area contributed by atoms with Gasteiger partial charge < -0.3 is 15.1 Å². The van der Waals surface area contributed by atoms with Crippen LogP contribution >= 0.6 is 0 Å². The lowest BCUT2D eigenvalue weighted by molar-refractivity contribution is 0.0972. The van der Waals surface area contributed by atoms with Crippen LogP contribution in [-0.2, 0) is 16.4 Å². The molecule has 8 nitrogen and oxygen atoms in total. The van der Waals surface area contributed by atoms with Crippen molar-refractivity contribution < 1.29 is 23.4 Å². The van der Waals surface area contributed by atoms with E-state index in [-0.39, 0.29) is 33.9 Å². The highest BCUT2D eigenvalue weighted by Gasteiger charge is 2.31. The van der Waals surface area contributed by atoms with Gasteiger partial charge in [0.25, 0.3) is 5.91 Å². The van der Waals surface area contributed by atoms with Gasteiger partial charge >= 0.3 is 0 Å². The number of pyridine rings is 1. The number of sulfonamides is 1. The van der Waals surface area contributed by atoms with Crippen molar-refractivity contribution in [3.05, 3.63) is 65.4 Å². The standard InChI is InChI=1S/C27H31N3O5S/c1-5-12-29(4)36(34,35)22-13-17(2)26(28-16-22)20-8-11-24-19(14-20)7-6-18(3)30(24)27(33)23-10-9-21(31)15-25(23)32/h8-11,13-16,18,31-32H,5-7,12H2,1-4H3/t18-/m0/s1. The predicted octanol–water partition coefficient (Wildman–Crippen LogP) is 4.48. The molecule has 0 bridgehead atoms. The molecule has 1 amide bonds. The fourth-order valence-corrected chi connectivity index (χ4v) is 5.94. The van der Waals surface area contributed by atoms with Crippen LogP contribution in [0.3, 0.4) is 0 Å². The number of hydrogen-bond donors (Lipinski definition) is 2. The fraction of sp³-hybridized carbons (Fsp3) is 0.333. The number of fused-ring (bicyclic) bond motifs is 1. The summed E-state index contributed by atoms with van der Waals surface area (Å²) in [5.41, 5.74) is 4.12. The molecule has 0 aliphatic carbocycles. The molecular weight excluding hydrogens is 478 g/mol. The van der Waals surface area contributed by atoms with Crippen LogP contribution in [0.15, 0.2) is 53.6 Å². The largest absolute Gasteiger partial charge is 0.508 e. The summed E-state index contributed by atoms with van der Waals surface area (Å²) in [6.45, 7) is 6.17. The number of amides is 1. The molecule has 3 aromatic rings. The number of nitrogens with zero attached hydrogens (tertiary/aromatic N) is 3. The maximum atomic E-state index is 13.4. The summed E-state index contributed by atoms with van der Waals surface area (Å²) in [4.78, 5) is 19.7. The van der Waals surface area contributed by atoms with Crippen LogP contribution in [0.4, 0.5) is 5.69 Å². The third kappa shape index (κ3) is 4.68. The number of anilines is 1. The van der Waals surface area contributed by atoms with Crippen molar-refractivity contribution in [2.24, 2.45) is 0 Å². The summed E-state index contributed by atoms with van der Waals surface area (Å²) in [6.07, 6.45) is 3.63. The zero-order valence-electron chi connectivity index (χ0n) is 20.9. The molecule has 0 saturated carbocycles. The second-order valence-corrected chi connectivity index (χ2v) is 11.3. The summed E-state index contributed by atoms with van der Waals surface area (Å²) in [6, 6.07) is 11.3. The second-order valence-electron chi connectivity index (χ2n) is 9.27. The van der Waals surface area contributed by atoms with Crippen molar-refractivity contribution in [3.63, 3.8) is 0 Å². The first kappa shape index (κ1) is 25.7. The number of benzene rings is 2. The lowest BCUT2D eigenvalue weighted by Crippen LogP contribution is -2.42. The van der Waals surface area contributed by atoms with Gasteiger partial charge in [0, 0.05) is 43.1 Å². The number of aromatic hydroxyl groups is 2. The number of phenolic OH excluding ortho intramolecular Hbond substituents is 2. The third-order valence-electron chi connectivity index (χ3n) is 6.62. The van der Waals surface area contributed by atoms with Gasteiger partial charge in [-0.1, -0.05) is 13.0 Å². The molecular formula is C27H31N3O5S. The van der Waals surface area contributed by atoms with Crippen LogP contribution in [-0.4, -0.2) is 53.5 Å². The van der Waals surface area contributed by atoms with Gasteiger partial charge in [-0.2, -0.15) is 0 Å². The minimum atomic E-state index is -3.60. The van der Waals surface area contributed by atoms with E-state index in [2.05, 4.69) is 4.98 Å². The first-order chi connectivity index (χ1) is 17.0. The van der Waals surface area contributed by atoms with Gasteiger partial charge in [-0.25, -0.2) is 12.7 Å². The maximum absolute atomic E-state index is 13.4. The van der Waals surface area contributed by atoms with E-state index in [0.29, 0.717) is 12.2 Å². The van der Waals surface area contributed by atoms with E-state index in [4.69, 9.17) is 0 Å². The molecule has 1 aliphatic heterocycles. The number of hydrogen-bond acceptors (Lipinski definition) is 6. The Bertz CT molecular complexity index is 1420. The zero-order valence-corrected chi connectivity index (χ0v) is 21.7. The fourth-order valence-electron chi connectivity index (χ4n) is 4.65. The van der Waals surface area contributed by atoms with Gasteiger partial charge in [0.2, 0.25) is 10.0 Å². The predicted molar refractivity (Wildman–Crippen MR) is 139 cm³/mol. The molecule has 0 spiro atoms. The van der Waals surface area contributed by atoms with Crippen LogP contribution in [0.25, 0.3) is 11.3 Å². The molecule has 9 heteroatoms. The SMILES string of the molecule is CCCN(C)S(=O)(=O)c1cnc(-c2ccc3c(c2)CC[C@H](C)N3C(=O)c2ccc(O)cc2O)c(C)c1. The second kappa shape index (κ2) is 9.91. The van der Waals surface area contributed by atoms with Gasteiger partial charge in [-0.15, -0.1) is 0 Å². The zero-order chi connectivity index (χ0) is 26.2.